The van der Waals surface area contributed by atoms with Crippen molar-refractivity contribution in [1.82, 2.24) is 9.97 Å². The summed E-state index contributed by atoms with van der Waals surface area (Å²) in [6.07, 6.45) is -1.10. The first kappa shape index (κ1) is 10.4. The molecule has 82 valence electrons. The van der Waals surface area contributed by atoms with E-state index in [1.807, 2.05) is 0 Å². The van der Waals surface area contributed by atoms with Crippen molar-refractivity contribution in [2.24, 2.45) is 0 Å². The topological polar surface area (TPSA) is 35.0 Å². The van der Waals surface area contributed by atoms with E-state index in [0.717, 1.165) is 12.8 Å². The zero-order valence-electron chi connectivity index (χ0n) is 7.79. The number of nitrogens with zero attached hydrogens (tertiary/aromatic N) is 2. The van der Waals surface area contributed by atoms with Crippen LogP contribution in [-0.4, -0.2) is 16.3 Å². The van der Waals surface area contributed by atoms with Gasteiger partial charge in [0.1, 0.15) is 5.82 Å². The Hall–Kier alpha value is -1.17. The van der Waals surface area contributed by atoms with E-state index in [1.165, 1.54) is 12.3 Å². The van der Waals surface area contributed by atoms with Crippen LogP contribution >= 0.6 is 0 Å². The number of halogens is 3. The van der Waals surface area contributed by atoms with E-state index in [2.05, 4.69) is 14.7 Å². The number of ether oxygens (including phenoxy) is 1. The molecule has 0 aliphatic heterocycles. The van der Waals surface area contributed by atoms with E-state index in [-0.39, 0.29) is 5.69 Å². The molecule has 2 rings (SSSR count). The van der Waals surface area contributed by atoms with Crippen molar-refractivity contribution >= 4 is 0 Å². The lowest BCUT2D eigenvalue weighted by molar-refractivity contribution is -0.330. The van der Waals surface area contributed by atoms with Crippen LogP contribution in [0, 0.1) is 0 Å². The van der Waals surface area contributed by atoms with Crippen molar-refractivity contribution in [3.63, 3.8) is 0 Å². The third kappa shape index (κ3) is 3.16. The standard InChI is InChI=1S/C9H9F3N2O/c10-9(11,12)15-5-7-3-4-13-8(14-7)6-1-2-6/h3-4,6H,1-2,5H2. The summed E-state index contributed by atoms with van der Waals surface area (Å²) in [6, 6.07) is 1.43. The largest absolute Gasteiger partial charge is 0.522 e. The fourth-order valence-electron chi connectivity index (χ4n) is 1.19. The van der Waals surface area contributed by atoms with Gasteiger partial charge in [0.05, 0.1) is 12.3 Å². The lowest BCUT2D eigenvalue weighted by Gasteiger charge is -2.07. The average molecular weight is 218 g/mol. The summed E-state index contributed by atoms with van der Waals surface area (Å²) in [5, 5.41) is 0. The molecule has 1 aliphatic rings. The van der Waals surface area contributed by atoms with E-state index in [4.69, 9.17) is 0 Å². The summed E-state index contributed by atoms with van der Waals surface area (Å²) in [5.74, 6) is 0.953. The normalized spacial score (nSPS) is 16.7. The quantitative estimate of drug-likeness (QED) is 0.781. The smallest absolute Gasteiger partial charge is 0.285 e. The molecule has 1 heterocycles. The molecule has 0 unspecified atom stereocenters. The first-order valence-corrected chi connectivity index (χ1v) is 4.57. The zero-order chi connectivity index (χ0) is 10.9. The van der Waals surface area contributed by atoms with Crippen LogP contribution in [0.2, 0.25) is 0 Å². The van der Waals surface area contributed by atoms with Gasteiger partial charge in [-0.1, -0.05) is 0 Å². The van der Waals surface area contributed by atoms with Gasteiger partial charge in [-0.25, -0.2) is 9.97 Å². The van der Waals surface area contributed by atoms with Gasteiger partial charge in [-0.2, -0.15) is 0 Å². The summed E-state index contributed by atoms with van der Waals surface area (Å²) in [7, 11) is 0. The minimum absolute atomic E-state index is 0.268. The lowest BCUT2D eigenvalue weighted by atomic mass is 10.3. The maximum absolute atomic E-state index is 11.7. The second kappa shape index (κ2) is 3.77. The molecule has 0 radical (unpaired) electrons. The Labute approximate surface area is 84.3 Å². The molecule has 15 heavy (non-hydrogen) atoms. The highest BCUT2D eigenvalue weighted by Gasteiger charge is 2.30. The van der Waals surface area contributed by atoms with Crippen molar-refractivity contribution < 1.29 is 17.9 Å². The maximum atomic E-state index is 11.7. The van der Waals surface area contributed by atoms with Crippen molar-refractivity contribution in [1.29, 1.82) is 0 Å². The molecule has 0 bridgehead atoms. The van der Waals surface area contributed by atoms with Gasteiger partial charge in [0.25, 0.3) is 0 Å². The molecule has 1 saturated carbocycles. The van der Waals surface area contributed by atoms with Gasteiger partial charge < -0.3 is 0 Å². The highest BCUT2D eigenvalue weighted by atomic mass is 19.4. The summed E-state index contributed by atoms with van der Waals surface area (Å²) in [6.45, 7) is -0.550. The number of hydrogen-bond acceptors (Lipinski definition) is 3. The molecule has 3 nitrogen and oxygen atoms in total. The van der Waals surface area contributed by atoms with Crippen LogP contribution in [0.15, 0.2) is 12.3 Å². The molecule has 0 saturated heterocycles. The fourth-order valence-corrected chi connectivity index (χ4v) is 1.19. The van der Waals surface area contributed by atoms with Gasteiger partial charge in [0.2, 0.25) is 0 Å². The third-order valence-corrected chi connectivity index (χ3v) is 2.06. The minimum atomic E-state index is -4.61. The summed E-state index contributed by atoms with van der Waals surface area (Å²) < 4.78 is 38.9. The molecule has 0 spiro atoms. The Kier molecular flexibility index (Phi) is 2.60. The van der Waals surface area contributed by atoms with Gasteiger partial charge in [-0.15, -0.1) is 13.2 Å². The molecule has 0 aromatic carbocycles. The first-order chi connectivity index (χ1) is 7.04. The molecular formula is C9H9F3N2O. The lowest BCUT2D eigenvalue weighted by Crippen LogP contribution is -2.13. The first-order valence-electron chi connectivity index (χ1n) is 4.57. The van der Waals surface area contributed by atoms with Gasteiger partial charge in [-0.05, 0) is 18.9 Å². The number of aromatic nitrogens is 2. The second-order valence-corrected chi connectivity index (χ2v) is 3.41. The predicted octanol–water partition coefficient (Wildman–Crippen LogP) is 2.39. The van der Waals surface area contributed by atoms with E-state index in [0.29, 0.717) is 11.7 Å². The van der Waals surface area contributed by atoms with E-state index < -0.39 is 13.0 Å². The van der Waals surface area contributed by atoms with Crippen LogP contribution in [0.5, 0.6) is 0 Å². The Balaban J connectivity index is 1.99. The van der Waals surface area contributed by atoms with Crippen LogP contribution in [0.1, 0.15) is 30.3 Å². The summed E-state index contributed by atoms with van der Waals surface area (Å²) >= 11 is 0. The minimum Gasteiger partial charge on any atom is -0.285 e. The SMILES string of the molecule is FC(F)(F)OCc1ccnc(C2CC2)n1. The molecule has 1 aromatic heterocycles. The van der Waals surface area contributed by atoms with E-state index >= 15 is 0 Å². The highest BCUT2D eigenvalue weighted by molar-refractivity contribution is 5.09. The molecular weight excluding hydrogens is 209 g/mol. The average Bonchev–Trinajstić information content (AvgIpc) is 2.97. The number of alkyl halides is 3. The van der Waals surface area contributed by atoms with Crippen molar-refractivity contribution in [3.8, 4) is 0 Å². The monoisotopic (exact) mass is 218 g/mol. The third-order valence-electron chi connectivity index (χ3n) is 2.06. The van der Waals surface area contributed by atoms with E-state index in [9.17, 15) is 13.2 Å². The summed E-state index contributed by atoms with van der Waals surface area (Å²) in [5.41, 5.74) is 0.268. The number of rotatable bonds is 3. The molecule has 1 aliphatic carbocycles. The van der Waals surface area contributed by atoms with Gasteiger partial charge >= 0.3 is 6.36 Å². The van der Waals surface area contributed by atoms with Crippen LogP contribution in [0.4, 0.5) is 13.2 Å². The molecule has 0 atom stereocenters. The van der Waals surface area contributed by atoms with Gasteiger partial charge in [0.15, 0.2) is 0 Å². The molecule has 6 heteroatoms. The van der Waals surface area contributed by atoms with Crippen LogP contribution in [-0.2, 0) is 11.3 Å². The van der Waals surface area contributed by atoms with Crippen LogP contribution in [0.3, 0.4) is 0 Å². The predicted molar refractivity (Wildman–Crippen MR) is 44.9 cm³/mol. The van der Waals surface area contributed by atoms with Crippen molar-refractivity contribution in [2.75, 3.05) is 0 Å². The Morgan fingerprint density at radius 2 is 2.13 bits per heavy atom. The van der Waals surface area contributed by atoms with Crippen LogP contribution in [0.25, 0.3) is 0 Å². The summed E-state index contributed by atoms with van der Waals surface area (Å²) in [4.78, 5) is 8.00. The highest BCUT2D eigenvalue weighted by Crippen LogP contribution is 2.37. The Morgan fingerprint density at radius 3 is 2.73 bits per heavy atom. The maximum Gasteiger partial charge on any atom is 0.522 e. The van der Waals surface area contributed by atoms with Crippen molar-refractivity contribution in [3.05, 3.63) is 23.8 Å². The fraction of sp³-hybridized carbons (Fsp3) is 0.556. The van der Waals surface area contributed by atoms with Gasteiger partial charge in [-0.3, -0.25) is 4.74 Å². The second-order valence-electron chi connectivity index (χ2n) is 3.41. The van der Waals surface area contributed by atoms with Gasteiger partial charge in [0, 0.05) is 12.1 Å². The Bertz CT molecular complexity index is 349. The van der Waals surface area contributed by atoms with Crippen molar-refractivity contribution in [2.45, 2.75) is 31.7 Å². The molecule has 0 N–H and O–H groups in total. The molecule has 1 aromatic rings. The number of hydrogen-bond donors (Lipinski definition) is 0. The Morgan fingerprint density at radius 1 is 1.40 bits per heavy atom. The zero-order valence-corrected chi connectivity index (χ0v) is 7.79. The molecule has 1 fully saturated rings. The van der Waals surface area contributed by atoms with E-state index in [1.54, 1.807) is 0 Å². The van der Waals surface area contributed by atoms with Crippen LogP contribution < -0.4 is 0 Å². The molecule has 0 amide bonds.